The Kier molecular flexibility index (Phi) is 27.3. The van der Waals surface area contributed by atoms with Crippen molar-refractivity contribution in [2.45, 2.75) is 186 Å². The summed E-state index contributed by atoms with van der Waals surface area (Å²) in [5, 5.41) is 10.6. The summed E-state index contributed by atoms with van der Waals surface area (Å²) in [6.07, 6.45) is -8.76. The van der Waals surface area contributed by atoms with Crippen molar-refractivity contribution < 1.29 is 83.8 Å². The average molecular weight is 1370 g/mol. The predicted octanol–water partition coefficient (Wildman–Crippen LogP) is 5.34. The molecule has 8 atom stereocenters. The monoisotopic (exact) mass is 1370 g/mol. The van der Waals surface area contributed by atoms with Crippen LogP contribution in [0.2, 0.25) is 5.02 Å². The second-order valence-electron chi connectivity index (χ2n) is 26.2. The fourth-order valence-corrected chi connectivity index (χ4v) is 12.6. The summed E-state index contributed by atoms with van der Waals surface area (Å²) in [6, 6.07) is -1.26. The quantitative estimate of drug-likeness (QED) is 0.208. The number of carbonyl (C=O) groups excluding carboxylic acids is 11. The fraction of sp³-hybridized carbons (Fsp3) is 0.646. The van der Waals surface area contributed by atoms with E-state index in [1.54, 1.807) is 34.6 Å². The van der Waals surface area contributed by atoms with Gasteiger partial charge in [0, 0.05) is 67.7 Å². The molecule has 0 bridgehead atoms. The Balaban J connectivity index is 1.58. The van der Waals surface area contributed by atoms with Gasteiger partial charge in [-0.1, -0.05) is 90.6 Å². The first-order valence-corrected chi connectivity index (χ1v) is 32.3. The smallest absolute Gasteiger partial charge is 0.406 e. The number of nitrogens with one attached hydrogen (secondary N) is 4. The van der Waals surface area contributed by atoms with Gasteiger partial charge in [-0.3, -0.25) is 52.7 Å². The number of hydrogen-bond donors (Lipinski definition) is 4. The Bertz CT molecular complexity index is 3110. The lowest BCUT2D eigenvalue weighted by Crippen LogP contribution is -2.64. The summed E-state index contributed by atoms with van der Waals surface area (Å²) in [7, 11) is 7.85. The van der Waals surface area contributed by atoms with Gasteiger partial charge in [-0.15, -0.1) is 13.2 Å². The lowest BCUT2D eigenvalue weighted by molar-refractivity contribution is -0.274. The molecule has 1 aliphatic carbocycles. The van der Waals surface area contributed by atoms with Gasteiger partial charge >= 0.3 is 12.5 Å². The number of ether oxygens (including phenoxy) is 1. The molecule has 1 unspecified atom stereocenters. The molecule has 528 valence electrons. The van der Waals surface area contributed by atoms with Gasteiger partial charge in [-0.25, -0.2) is 0 Å². The van der Waals surface area contributed by atoms with Crippen LogP contribution in [0.5, 0.6) is 5.75 Å². The maximum Gasteiger partial charge on any atom is 0.573 e. The van der Waals surface area contributed by atoms with Crippen LogP contribution >= 0.6 is 11.6 Å². The Morgan fingerprint density at radius 1 is 0.653 bits per heavy atom. The van der Waals surface area contributed by atoms with Crippen LogP contribution in [0.25, 0.3) is 0 Å². The van der Waals surface area contributed by atoms with E-state index in [4.69, 9.17) is 11.6 Å². The molecule has 5 rings (SSSR count). The third-order valence-electron chi connectivity index (χ3n) is 17.9. The second kappa shape index (κ2) is 33.3. The highest BCUT2D eigenvalue weighted by Crippen LogP contribution is 2.37. The van der Waals surface area contributed by atoms with E-state index < -0.39 is 173 Å². The number of likely N-dealkylation sites (N-methyl/N-ethyl adjacent to an activating group) is 6. The van der Waals surface area contributed by atoms with Crippen LogP contribution in [0.1, 0.15) is 129 Å². The van der Waals surface area contributed by atoms with E-state index in [9.17, 15) is 79.1 Å². The molecular weight excluding hydrogens is 1280 g/mol. The molecule has 2 aromatic carbocycles. The number of halogens is 7. The number of carbonyl (C=O) groups is 11. The van der Waals surface area contributed by atoms with Crippen molar-refractivity contribution in [3.8, 4) is 5.75 Å². The second-order valence-corrected chi connectivity index (χ2v) is 26.6. The number of hydrogen-bond acceptors (Lipinski definition) is 12. The summed E-state index contributed by atoms with van der Waals surface area (Å²) in [5.74, 6) is -9.91. The van der Waals surface area contributed by atoms with E-state index in [0.717, 1.165) is 49.9 Å². The van der Waals surface area contributed by atoms with Gasteiger partial charge in [0.15, 0.2) is 0 Å². The maximum atomic E-state index is 15.0. The Hall–Kier alpha value is -7.72. The predicted molar refractivity (Wildman–Crippen MR) is 338 cm³/mol. The van der Waals surface area contributed by atoms with Crippen molar-refractivity contribution in [2.75, 3.05) is 68.5 Å². The molecule has 95 heavy (non-hydrogen) atoms. The zero-order chi connectivity index (χ0) is 71.4. The normalized spacial score (nSPS) is 24.5. The van der Waals surface area contributed by atoms with E-state index >= 15 is 0 Å². The van der Waals surface area contributed by atoms with Gasteiger partial charge in [-0.2, -0.15) is 13.2 Å². The molecule has 2 aromatic rings. The SMILES string of the molecule is CC[C@H](C)[C@@H]1NC(=O)[C@H](CC(C)C)N(C)C(=O)C[C@@H](C)NC(=O)[C@H](C(C)C)N(C)C(=O)C2(CCCC2)NC(=O)C2CCCN2C(=O)[C@H](CCc2ccc(C(F)(F)F)c(Cl)c2)NC(=O)CN(C)C(=O)[C@H](Cc2ccc(OC(F)(F)F)cc2)N(C)C(=O)CN(C)C(=O)CN(C)C1=O. The van der Waals surface area contributed by atoms with Crippen molar-refractivity contribution >= 4 is 76.6 Å². The Labute approximate surface area is 556 Å². The number of amides is 11. The van der Waals surface area contributed by atoms with E-state index in [0.29, 0.717) is 19.3 Å². The number of nitrogens with zero attached hydrogens (tertiary/aromatic N) is 7. The van der Waals surface area contributed by atoms with Gasteiger partial charge in [-0.05, 0) is 105 Å². The molecular formula is C65H92ClF6N11O12. The van der Waals surface area contributed by atoms with Gasteiger partial charge in [0.2, 0.25) is 65.0 Å². The van der Waals surface area contributed by atoms with Crippen molar-refractivity contribution in [3.05, 3.63) is 64.2 Å². The average Bonchev–Trinajstić information content (AvgIpc) is 1.73. The summed E-state index contributed by atoms with van der Waals surface area (Å²) in [4.78, 5) is 167. The van der Waals surface area contributed by atoms with E-state index in [-0.39, 0.29) is 81.4 Å². The Morgan fingerprint density at radius 3 is 1.81 bits per heavy atom. The molecule has 30 heteroatoms. The molecule has 2 saturated heterocycles. The summed E-state index contributed by atoms with van der Waals surface area (Å²) >= 11 is 6.08. The molecule has 3 aliphatic rings. The van der Waals surface area contributed by atoms with Crippen molar-refractivity contribution in [3.63, 3.8) is 0 Å². The largest absolute Gasteiger partial charge is 0.573 e. The molecule has 2 aliphatic heterocycles. The number of rotatable bonds is 11. The third kappa shape index (κ3) is 20.9. The number of alkyl halides is 6. The molecule has 1 saturated carbocycles. The lowest BCUT2D eigenvalue weighted by atomic mass is 9.92. The molecule has 11 amide bonds. The van der Waals surface area contributed by atoms with Crippen LogP contribution in [0, 0.1) is 17.8 Å². The van der Waals surface area contributed by atoms with Crippen LogP contribution < -0.4 is 26.0 Å². The molecule has 4 N–H and O–H groups in total. The van der Waals surface area contributed by atoms with Gasteiger partial charge in [0.05, 0.1) is 30.2 Å². The first-order chi connectivity index (χ1) is 44.2. The highest BCUT2D eigenvalue weighted by Gasteiger charge is 2.50. The van der Waals surface area contributed by atoms with Gasteiger partial charge in [0.1, 0.15) is 47.5 Å². The van der Waals surface area contributed by atoms with Crippen LogP contribution in [-0.2, 0) is 71.8 Å². The maximum absolute atomic E-state index is 15.0. The van der Waals surface area contributed by atoms with Gasteiger partial charge < -0.3 is 60.3 Å². The Morgan fingerprint density at radius 2 is 1.24 bits per heavy atom. The topological polar surface area (TPSA) is 268 Å². The first kappa shape index (κ1) is 78.0. The molecule has 3 fully saturated rings. The van der Waals surface area contributed by atoms with E-state index in [1.807, 2.05) is 13.8 Å². The third-order valence-corrected chi connectivity index (χ3v) is 18.3. The van der Waals surface area contributed by atoms with Crippen LogP contribution in [0.15, 0.2) is 42.5 Å². The van der Waals surface area contributed by atoms with Crippen molar-refractivity contribution in [1.82, 2.24) is 55.6 Å². The van der Waals surface area contributed by atoms with E-state index in [2.05, 4.69) is 26.0 Å². The summed E-state index contributed by atoms with van der Waals surface area (Å²) in [6.45, 7) is 10.1. The lowest BCUT2D eigenvalue weighted by Gasteiger charge is -2.39. The zero-order valence-electron chi connectivity index (χ0n) is 56.3. The number of aryl methyl sites for hydroxylation is 1. The minimum atomic E-state index is -5.05. The highest BCUT2D eigenvalue weighted by molar-refractivity contribution is 6.31. The van der Waals surface area contributed by atoms with Crippen LogP contribution in [0.3, 0.4) is 0 Å². The zero-order valence-corrected chi connectivity index (χ0v) is 57.1. The standard InChI is InChI=1S/C65H92ClF6N11O12/c1-14-39(6)54-61(93)79(10)35-52(86)77(8)36-53(87)81(12)49(33-42-19-23-43(24-20-42)95-65(70,71)72)60(92)78(9)34-50(84)74-46(26-22-41-21-25-44(45(66)32-41)64(67,68)69)59(91)83-29-17-18-47(83)57(89)76-63(27-15-16-28-63)62(94)82(13)55(38(4)5)58(90)73-40(7)31-51(85)80(11)48(30-37(2)3)56(88)75-54/h19-21,23-25,32,37-40,46-49,54-55H,14-18,22,26-31,33-36H2,1-13H3,(H,73,90)(H,74,84)(H,75,88)(H,76,89)/t39-,40+,46-,47?,48-,49-,54-,55-/m0/s1. The van der Waals surface area contributed by atoms with Crippen LogP contribution in [0.4, 0.5) is 26.3 Å². The van der Waals surface area contributed by atoms with Crippen LogP contribution in [-0.4, -0.2) is 222 Å². The van der Waals surface area contributed by atoms with E-state index in [1.165, 1.54) is 69.1 Å². The molecule has 23 nitrogen and oxygen atoms in total. The molecule has 0 aromatic heterocycles. The molecule has 1 spiro atoms. The van der Waals surface area contributed by atoms with Gasteiger partial charge in [0.25, 0.3) is 0 Å². The minimum Gasteiger partial charge on any atom is -0.406 e. The summed E-state index contributed by atoms with van der Waals surface area (Å²) in [5.41, 5.74) is -2.24. The number of benzene rings is 2. The van der Waals surface area contributed by atoms with Crippen molar-refractivity contribution in [2.24, 2.45) is 17.8 Å². The first-order valence-electron chi connectivity index (χ1n) is 32.0. The number of fused-ring (bicyclic) bond motifs is 1. The fourth-order valence-electron chi connectivity index (χ4n) is 12.3. The summed E-state index contributed by atoms with van der Waals surface area (Å²) < 4.78 is 84.9. The highest BCUT2D eigenvalue weighted by atomic mass is 35.5. The molecule has 2 heterocycles. The molecule has 0 radical (unpaired) electrons. The minimum absolute atomic E-state index is 0.0219. The van der Waals surface area contributed by atoms with Crippen molar-refractivity contribution in [1.29, 1.82) is 0 Å².